The van der Waals surface area contributed by atoms with Crippen LogP contribution in [0.3, 0.4) is 0 Å². The second-order valence-corrected chi connectivity index (χ2v) is 8.29. The molecule has 0 radical (unpaired) electrons. The number of nitrogens with zero attached hydrogens (tertiary/aromatic N) is 2. The number of hydrogen-bond donors (Lipinski definition) is 2. The number of aromatic nitrogens is 1. The summed E-state index contributed by atoms with van der Waals surface area (Å²) in [5.74, 6) is -0.219. The molecule has 0 saturated heterocycles. The lowest BCUT2D eigenvalue weighted by Gasteiger charge is -2.16. The number of benzene rings is 2. The molecule has 1 aromatic heterocycles. The maximum Gasteiger partial charge on any atom is 0.433 e. The minimum Gasteiger partial charge on any atom is -0.496 e. The number of pyridine rings is 1. The average Bonchev–Trinajstić information content (AvgIpc) is 2.89. The minimum atomic E-state index is -4.75. The number of hydrogen-bond acceptors (Lipinski definition) is 6. The van der Waals surface area contributed by atoms with E-state index in [1.807, 2.05) is 0 Å². The van der Waals surface area contributed by atoms with Crippen molar-refractivity contribution in [1.82, 2.24) is 15.6 Å². The summed E-state index contributed by atoms with van der Waals surface area (Å²) in [5.41, 5.74) is -0.735. The highest BCUT2D eigenvalue weighted by molar-refractivity contribution is 6.33. The summed E-state index contributed by atoms with van der Waals surface area (Å²) >= 11 is 6.42. The van der Waals surface area contributed by atoms with Crippen LogP contribution in [0, 0.1) is 11.3 Å². The fraction of sp³-hybridized carbons (Fsp3) is 0.231. The number of para-hydroxylation sites is 1. The molecule has 8 nitrogen and oxygen atoms in total. The van der Waals surface area contributed by atoms with Crippen molar-refractivity contribution in [2.45, 2.75) is 19.6 Å². The van der Waals surface area contributed by atoms with Gasteiger partial charge in [-0.05, 0) is 18.2 Å². The molecule has 2 N–H and O–H groups in total. The van der Waals surface area contributed by atoms with Crippen LogP contribution in [-0.4, -0.2) is 37.1 Å². The first kappa shape index (κ1) is 28.3. The Balaban J connectivity index is 2.01. The summed E-state index contributed by atoms with van der Waals surface area (Å²) in [6.07, 6.45) is -3.86. The van der Waals surface area contributed by atoms with Crippen molar-refractivity contribution in [2.24, 2.45) is 0 Å². The first-order valence-electron chi connectivity index (χ1n) is 11.1. The van der Waals surface area contributed by atoms with Crippen molar-refractivity contribution < 1.29 is 32.2 Å². The monoisotopic (exact) mass is 546 g/mol. The number of carbonyl (C=O) groups is 2. The molecule has 38 heavy (non-hydrogen) atoms. The fourth-order valence-corrected chi connectivity index (χ4v) is 3.74. The molecular formula is C26H22ClF3N4O4. The smallest absolute Gasteiger partial charge is 0.433 e. The Bertz CT molecular complexity index is 1390. The molecule has 1 heterocycles. The van der Waals surface area contributed by atoms with E-state index in [-0.39, 0.29) is 58.6 Å². The number of ether oxygens (including phenoxy) is 2. The Morgan fingerprint density at radius 2 is 1.84 bits per heavy atom. The van der Waals surface area contributed by atoms with Gasteiger partial charge in [-0.3, -0.25) is 14.6 Å². The number of nitriles is 1. The lowest BCUT2D eigenvalue weighted by Crippen LogP contribution is -2.27. The predicted molar refractivity (Wildman–Crippen MR) is 133 cm³/mol. The Morgan fingerprint density at radius 1 is 1.11 bits per heavy atom. The minimum absolute atomic E-state index is 0.00547. The molecule has 0 atom stereocenters. The van der Waals surface area contributed by atoms with Crippen LogP contribution in [0.15, 0.2) is 48.7 Å². The van der Waals surface area contributed by atoms with E-state index in [4.69, 9.17) is 21.1 Å². The van der Waals surface area contributed by atoms with Crippen LogP contribution in [0.4, 0.5) is 13.2 Å². The summed E-state index contributed by atoms with van der Waals surface area (Å²) < 4.78 is 50.3. The van der Waals surface area contributed by atoms with E-state index in [1.165, 1.54) is 26.2 Å². The first-order valence-corrected chi connectivity index (χ1v) is 11.5. The number of halogens is 4. The Hall–Kier alpha value is -4.30. The van der Waals surface area contributed by atoms with Gasteiger partial charge in [0.1, 0.15) is 23.8 Å². The third-order valence-electron chi connectivity index (χ3n) is 5.28. The maximum absolute atomic E-state index is 13.2. The van der Waals surface area contributed by atoms with Gasteiger partial charge in [-0.25, -0.2) is 0 Å². The van der Waals surface area contributed by atoms with Gasteiger partial charge in [0, 0.05) is 42.4 Å². The molecule has 3 aromatic rings. The molecule has 0 saturated carbocycles. The van der Waals surface area contributed by atoms with E-state index in [0.29, 0.717) is 17.4 Å². The average molecular weight is 547 g/mol. The molecule has 2 aromatic carbocycles. The van der Waals surface area contributed by atoms with Gasteiger partial charge >= 0.3 is 6.18 Å². The zero-order valence-corrected chi connectivity index (χ0v) is 21.0. The number of methoxy groups -OCH3 is 1. The molecule has 0 bridgehead atoms. The van der Waals surface area contributed by atoms with Gasteiger partial charge in [0.25, 0.3) is 5.91 Å². The molecule has 12 heteroatoms. The number of carbonyl (C=O) groups excluding carboxylic acids is 2. The van der Waals surface area contributed by atoms with Gasteiger partial charge in [-0.2, -0.15) is 18.4 Å². The summed E-state index contributed by atoms with van der Waals surface area (Å²) in [6, 6.07) is 12.0. The fourth-order valence-electron chi connectivity index (χ4n) is 3.48. The third-order valence-corrected chi connectivity index (χ3v) is 5.60. The van der Waals surface area contributed by atoms with Crippen molar-refractivity contribution in [3.63, 3.8) is 0 Å². The van der Waals surface area contributed by atoms with Gasteiger partial charge in [-0.1, -0.05) is 29.8 Å². The van der Waals surface area contributed by atoms with Crippen molar-refractivity contribution in [2.75, 3.05) is 20.3 Å². The van der Waals surface area contributed by atoms with Gasteiger partial charge in [0.05, 0.1) is 35.9 Å². The number of rotatable bonds is 9. The molecule has 0 aliphatic rings. The lowest BCUT2D eigenvalue weighted by molar-refractivity contribution is -0.141. The third kappa shape index (κ3) is 6.92. The molecule has 0 fully saturated rings. The normalized spacial score (nSPS) is 10.9. The van der Waals surface area contributed by atoms with Crippen LogP contribution in [0.1, 0.15) is 34.1 Å². The van der Waals surface area contributed by atoms with E-state index in [1.54, 1.807) is 30.3 Å². The number of amides is 2. The topological polar surface area (TPSA) is 113 Å². The van der Waals surface area contributed by atoms with Gasteiger partial charge < -0.3 is 20.1 Å². The van der Waals surface area contributed by atoms with E-state index < -0.39 is 17.8 Å². The van der Waals surface area contributed by atoms with Gasteiger partial charge in [0.15, 0.2) is 0 Å². The highest BCUT2D eigenvalue weighted by Crippen LogP contribution is 2.37. The molecule has 2 amide bonds. The first-order chi connectivity index (χ1) is 18.0. The molecule has 0 aliphatic heterocycles. The van der Waals surface area contributed by atoms with Gasteiger partial charge in [0.2, 0.25) is 5.91 Å². The van der Waals surface area contributed by atoms with Crippen molar-refractivity contribution in [1.29, 1.82) is 5.26 Å². The van der Waals surface area contributed by atoms with E-state index in [2.05, 4.69) is 15.6 Å². The van der Waals surface area contributed by atoms with E-state index in [0.717, 1.165) is 6.20 Å². The number of alkyl halides is 3. The standard InChI is InChI=1S/C26H22ClF3N4O4/c1-15(35)32-7-8-38-23-11-21(27)18(20-14-33-24(26(28,29)30)9-17(20)12-31)10-19(23)25(36)34-13-16-5-3-4-6-22(16)37-2/h3-6,9-11,14H,7-8,13H2,1-2H3,(H,32,35)(H,34,36). The largest absolute Gasteiger partial charge is 0.496 e. The lowest BCUT2D eigenvalue weighted by atomic mass is 9.98. The number of nitrogens with one attached hydrogen (secondary N) is 2. The maximum atomic E-state index is 13.2. The van der Waals surface area contributed by atoms with Crippen LogP contribution in [0.25, 0.3) is 11.1 Å². The highest BCUT2D eigenvalue weighted by atomic mass is 35.5. The predicted octanol–water partition coefficient (Wildman–Crippen LogP) is 4.75. The molecule has 198 valence electrons. The summed E-state index contributed by atoms with van der Waals surface area (Å²) in [7, 11) is 1.50. The van der Waals surface area contributed by atoms with Crippen molar-refractivity contribution in [3.8, 4) is 28.7 Å². The Labute approximate surface area is 221 Å². The van der Waals surface area contributed by atoms with Crippen LogP contribution >= 0.6 is 11.6 Å². The zero-order valence-electron chi connectivity index (χ0n) is 20.3. The molecule has 0 spiro atoms. The van der Waals surface area contributed by atoms with Crippen LogP contribution in [-0.2, 0) is 17.5 Å². The zero-order chi connectivity index (χ0) is 27.9. The summed E-state index contributed by atoms with van der Waals surface area (Å²) in [5, 5.41) is 14.8. The van der Waals surface area contributed by atoms with Crippen molar-refractivity contribution >= 4 is 23.4 Å². The van der Waals surface area contributed by atoms with Crippen LogP contribution < -0.4 is 20.1 Å². The van der Waals surface area contributed by atoms with E-state index in [9.17, 15) is 28.0 Å². The molecular weight excluding hydrogens is 525 g/mol. The second-order valence-electron chi connectivity index (χ2n) is 7.88. The second kappa shape index (κ2) is 12.3. The molecule has 0 aliphatic carbocycles. The van der Waals surface area contributed by atoms with Crippen molar-refractivity contribution in [3.05, 3.63) is 76.1 Å². The quantitative estimate of drug-likeness (QED) is 0.375. The van der Waals surface area contributed by atoms with E-state index >= 15 is 0 Å². The van der Waals surface area contributed by atoms with Crippen LogP contribution in [0.2, 0.25) is 5.02 Å². The van der Waals surface area contributed by atoms with Gasteiger partial charge in [-0.15, -0.1) is 0 Å². The summed E-state index contributed by atoms with van der Waals surface area (Å²) in [4.78, 5) is 27.8. The van der Waals surface area contributed by atoms with Crippen LogP contribution in [0.5, 0.6) is 11.5 Å². The molecule has 3 rings (SSSR count). The highest BCUT2D eigenvalue weighted by Gasteiger charge is 2.33. The molecule has 0 unspecified atom stereocenters. The summed E-state index contributed by atoms with van der Waals surface area (Å²) in [6.45, 7) is 1.59. The Morgan fingerprint density at radius 3 is 2.50 bits per heavy atom. The SMILES string of the molecule is COc1ccccc1CNC(=O)c1cc(-c2cnc(C(F)(F)F)cc2C#N)c(Cl)cc1OCCNC(C)=O. The Kier molecular flexibility index (Phi) is 9.15.